The van der Waals surface area contributed by atoms with Gasteiger partial charge >= 0.3 is 0 Å². The van der Waals surface area contributed by atoms with E-state index in [-0.39, 0.29) is 11.7 Å². The van der Waals surface area contributed by atoms with E-state index < -0.39 is 0 Å². The van der Waals surface area contributed by atoms with Gasteiger partial charge in [0.2, 0.25) is 11.0 Å². The third-order valence-electron chi connectivity index (χ3n) is 4.36. The molecule has 0 fully saturated rings. The van der Waals surface area contributed by atoms with Gasteiger partial charge in [0.1, 0.15) is 0 Å². The number of para-hydroxylation sites is 1. The maximum Gasteiger partial charge on any atom is 0.236 e. The van der Waals surface area contributed by atoms with Crippen molar-refractivity contribution in [3.63, 3.8) is 0 Å². The Labute approximate surface area is 184 Å². The summed E-state index contributed by atoms with van der Waals surface area (Å²) in [5.41, 5.74) is 2.58. The van der Waals surface area contributed by atoms with Crippen molar-refractivity contribution in [3.05, 3.63) is 65.7 Å². The number of hydrogen-bond acceptors (Lipinski definition) is 7. The molecule has 3 heterocycles. The summed E-state index contributed by atoms with van der Waals surface area (Å²) in [6.45, 7) is 0. The molecule has 5 aromatic rings. The molecule has 0 spiro atoms. The zero-order valence-electron chi connectivity index (χ0n) is 15.3. The second-order valence-corrected chi connectivity index (χ2v) is 8.47. The van der Waals surface area contributed by atoms with Gasteiger partial charge in [0.25, 0.3) is 0 Å². The fraction of sp³-hybridized carbons (Fsp3) is 0.0500. The van der Waals surface area contributed by atoms with Gasteiger partial charge in [-0.25, -0.2) is 0 Å². The normalized spacial score (nSPS) is 11.2. The minimum absolute atomic E-state index is 0.180. The van der Waals surface area contributed by atoms with Gasteiger partial charge in [0.15, 0.2) is 16.6 Å². The molecule has 5 rings (SSSR count). The molecule has 2 aromatic carbocycles. The van der Waals surface area contributed by atoms with Gasteiger partial charge in [-0.3, -0.25) is 14.5 Å². The lowest BCUT2D eigenvalue weighted by Gasteiger charge is -2.04. The van der Waals surface area contributed by atoms with Gasteiger partial charge in [-0.05, 0) is 47.9 Å². The van der Waals surface area contributed by atoms with Crippen LogP contribution in [0.4, 0.5) is 5.13 Å². The number of aromatic nitrogens is 5. The SMILES string of the molecule is O=C(CSc1nnc2ccc3ccccc3n12)Nc1nc(-c2ccc(Cl)cc2)ns1. The van der Waals surface area contributed by atoms with Crippen molar-refractivity contribution in [1.29, 1.82) is 0 Å². The van der Waals surface area contributed by atoms with E-state index in [1.54, 1.807) is 12.1 Å². The van der Waals surface area contributed by atoms with Gasteiger partial charge < -0.3 is 0 Å². The number of carbonyl (C=O) groups is 1. The summed E-state index contributed by atoms with van der Waals surface area (Å²) in [4.78, 5) is 16.8. The molecule has 0 aliphatic heterocycles. The van der Waals surface area contributed by atoms with E-state index >= 15 is 0 Å². The predicted molar refractivity (Wildman–Crippen MR) is 120 cm³/mol. The van der Waals surface area contributed by atoms with Gasteiger partial charge in [-0.2, -0.15) is 9.36 Å². The molecule has 1 N–H and O–H groups in total. The van der Waals surface area contributed by atoms with Crippen molar-refractivity contribution in [2.24, 2.45) is 0 Å². The zero-order chi connectivity index (χ0) is 20.5. The molecule has 0 saturated heterocycles. The molecule has 0 atom stereocenters. The first-order valence-corrected chi connectivity index (χ1v) is 11.1. The maximum atomic E-state index is 12.4. The summed E-state index contributed by atoms with van der Waals surface area (Å²) in [6.07, 6.45) is 0. The molecular weight excluding hydrogens is 440 g/mol. The van der Waals surface area contributed by atoms with E-state index in [9.17, 15) is 4.79 Å². The monoisotopic (exact) mass is 452 g/mol. The van der Waals surface area contributed by atoms with Crippen molar-refractivity contribution in [2.45, 2.75) is 5.16 Å². The number of carbonyl (C=O) groups excluding carboxylic acids is 1. The maximum absolute atomic E-state index is 12.4. The first kappa shape index (κ1) is 19.0. The second kappa shape index (κ2) is 8.02. The summed E-state index contributed by atoms with van der Waals surface area (Å²) in [5.74, 6) is 0.546. The van der Waals surface area contributed by atoms with Crippen molar-refractivity contribution in [3.8, 4) is 11.4 Å². The van der Waals surface area contributed by atoms with Crippen molar-refractivity contribution in [2.75, 3.05) is 11.1 Å². The summed E-state index contributed by atoms with van der Waals surface area (Å²) in [6, 6.07) is 19.2. The van der Waals surface area contributed by atoms with Crippen molar-refractivity contribution < 1.29 is 4.79 Å². The average molecular weight is 453 g/mol. The van der Waals surface area contributed by atoms with Crippen LogP contribution in [0.15, 0.2) is 65.8 Å². The number of nitrogens with zero attached hydrogens (tertiary/aromatic N) is 5. The van der Waals surface area contributed by atoms with Crippen molar-refractivity contribution in [1.82, 2.24) is 24.0 Å². The number of rotatable bonds is 5. The fourth-order valence-electron chi connectivity index (χ4n) is 2.98. The lowest BCUT2D eigenvalue weighted by molar-refractivity contribution is -0.113. The molecule has 0 saturated carbocycles. The number of hydrogen-bond donors (Lipinski definition) is 1. The topological polar surface area (TPSA) is 85.1 Å². The zero-order valence-corrected chi connectivity index (χ0v) is 17.7. The fourth-order valence-corrected chi connectivity index (χ4v) is 4.47. The molecular formula is C20H13ClN6OS2. The number of anilines is 1. The third kappa shape index (κ3) is 3.74. The standard InChI is InChI=1S/C20H13ClN6OS2/c21-14-8-5-13(6-9-14)18-23-19(30-26-18)22-17(28)11-29-20-25-24-16-10-7-12-3-1-2-4-15(12)27(16)20/h1-10H,11H2,(H,22,23,26,28). The molecule has 148 valence electrons. The Hall–Kier alpha value is -3.01. The van der Waals surface area contributed by atoms with E-state index in [1.165, 1.54) is 11.8 Å². The van der Waals surface area contributed by atoms with E-state index in [0.717, 1.165) is 33.6 Å². The van der Waals surface area contributed by atoms with Crippen LogP contribution in [0.3, 0.4) is 0 Å². The summed E-state index contributed by atoms with van der Waals surface area (Å²) < 4.78 is 6.25. The number of pyridine rings is 1. The molecule has 0 aliphatic rings. The van der Waals surface area contributed by atoms with E-state index in [2.05, 4.69) is 24.9 Å². The Morgan fingerprint density at radius 3 is 2.77 bits per heavy atom. The van der Waals surface area contributed by atoms with Crippen LogP contribution >= 0.6 is 34.9 Å². The minimum atomic E-state index is -0.184. The summed E-state index contributed by atoms with van der Waals surface area (Å²) in [7, 11) is 0. The highest BCUT2D eigenvalue weighted by Gasteiger charge is 2.14. The van der Waals surface area contributed by atoms with Crippen LogP contribution in [0, 0.1) is 0 Å². The lowest BCUT2D eigenvalue weighted by atomic mass is 10.2. The quantitative estimate of drug-likeness (QED) is 0.386. The van der Waals surface area contributed by atoms with E-state index in [1.807, 2.05) is 52.9 Å². The third-order valence-corrected chi connectivity index (χ3v) is 6.17. The van der Waals surface area contributed by atoms with Crippen LogP contribution in [0.2, 0.25) is 5.02 Å². The Morgan fingerprint density at radius 1 is 1.07 bits per heavy atom. The number of benzene rings is 2. The smallest absolute Gasteiger partial charge is 0.236 e. The highest BCUT2D eigenvalue weighted by molar-refractivity contribution is 7.99. The predicted octanol–water partition coefficient (Wildman–Crippen LogP) is 4.79. The largest absolute Gasteiger partial charge is 0.300 e. The van der Waals surface area contributed by atoms with Crippen LogP contribution in [0.1, 0.15) is 0 Å². The second-order valence-electron chi connectivity index (χ2n) is 6.34. The first-order chi connectivity index (χ1) is 14.7. The van der Waals surface area contributed by atoms with Gasteiger partial charge in [0.05, 0.1) is 11.3 Å². The van der Waals surface area contributed by atoms with Crippen LogP contribution in [0.5, 0.6) is 0 Å². The van der Waals surface area contributed by atoms with Crippen molar-refractivity contribution >= 4 is 62.5 Å². The van der Waals surface area contributed by atoms with Gasteiger partial charge in [-0.15, -0.1) is 10.2 Å². The number of nitrogens with one attached hydrogen (secondary N) is 1. The van der Waals surface area contributed by atoms with Gasteiger partial charge in [-0.1, -0.05) is 41.6 Å². The van der Waals surface area contributed by atoms with Crippen LogP contribution in [-0.4, -0.2) is 35.6 Å². The highest BCUT2D eigenvalue weighted by Crippen LogP contribution is 2.25. The molecule has 0 aliphatic carbocycles. The average Bonchev–Trinajstić information content (AvgIpc) is 3.40. The first-order valence-electron chi connectivity index (χ1n) is 8.92. The number of thioether (sulfide) groups is 1. The molecule has 10 heteroatoms. The summed E-state index contributed by atoms with van der Waals surface area (Å²) >= 11 is 8.37. The Morgan fingerprint density at radius 2 is 1.90 bits per heavy atom. The lowest BCUT2D eigenvalue weighted by Crippen LogP contribution is -2.14. The minimum Gasteiger partial charge on any atom is -0.300 e. The molecule has 3 aromatic heterocycles. The number of halogens is 1. The van der Waals surface area contributed by atoms with E-state index in [4.69, 9.17) is 11.6 Å². The molecule has 1 amide bonds. The molecule has 0 radical (unpaired) electrons. The Kier molecular flexibility index (Phi) is 5.07. The number of fused-ring (bicyclic) bond motifs is 3. The van der Waals surface area contributed by atoms with Crippen LogP contribution < -0.4 is 5.32 Å². The molecule has 30 heavy (non-hydrogen) atoms. The van der Waals surface area contributed by atoms with E-state index in [0.29, 0.717) is 21.1 Å². The molecule has 0 unspecified atom stereocenters. The Bertz CT molecular complexity index is 1370. The van der Waals surface area contributed by atoms with Crippen LogP contribution in [-0.2, 0) is 4.79 Å². The number of amides is 1. The molecule has 0 bridgehead atoms. The van der Waals surface area contributed by atoms with Gasteiger partial charge in [0, 0.05) is 22.1 Å². The highest BCUT2D eigenvalue weighted by atomic mass is 35.5. The van der Waals surface area contributed by atoms with Crippen LogP contribution in [0.25, 0.3) is 27.9 Å². The summed E-state index contributed by atoms with van der Waals surface area (Å²) in [5, 5.41) is 14.1. The Balaban J connectivity index is 1.29. The molecule has 7 nitrogen and oxygen atoms in total.